The highest BCUT2D eigenvalue weighted by atomic mass is 32.2. The number of hydrogen-bond donors (Lipinski definition) is 0. The summed E-state index contributed by atoms with van der Waals surface area (Å²) in [4.78, 5) is 13.3. The number of carbonyl (C=O) groups is 1. The van der Waals surface area contributed by atoms with Gasteiger partial charge in [0.15, 0.2) is 17.1 Å². The highest BCUT2D eigenvalue weighted by Crippen LogP contribution is 2.29. The Kier molecular flexibility index (Phi) is 4.53. The van der Waals surface area contributed by atoms with Gasteiger partial charge in [0.25, 0.3) is 0 Å². The number of fused-ring (bicyclic) bond motifs is 1. The molecule has 1 heterocycles. The van der Waals surface area contributed by atoms with E-state index in [4.69, 9.17) is 9.15 Å². The van der Waals surface area contributed by atoms with Gasteiger partial charge in [0.05, 0.1) is 7.11 Å². The molecule has 3 rings (SSSR count). The molecule has 3 nitrogen and oxygen atoms in total. The molecule has 0 radical (unpaired) electrons. The molecule has 0 spiro atoms. The summed E-state index contributed by atoms with van der Waals surface area (Å²) >= 11 is 1.65. The molecule has 0 saturated carbocycles. The Balaban J connectivity index is 1.82. The predicted octanol–water partition coefficient (Wildman–Crippen LogP) is 5.06. The fraction of sp³-hybridized carbons (Fsp3) is 0.105. The number of furan rings is 1. The highest BCUT2D eigenvalue weighted by molar-refractivity contribution is 7.98. The predicted molar refractivity (Wildman–Crippen MR) is 94.4 cm³/mol. The summed E-state index contributed by atoms with van der Waals surface area (Å²) in [5.74, 6) is 1.25. The second-order valence-corrected chi connectivity index (χ2v) is 5.83. The molecule has 0 unspecified atom stereocenters. The van der Waals surface area contributed by atoms with Gasteiger partial charge >= 0.3 is 0 Å². The third kappa shape index (κ3) is 3.32. The van der Waals surface area contributed by atoms with Crippen LogP contribution in [-0.4, -0.2) is 19.1 Å². The van der Waals surface area contributed by atoms with Crippen molar-refractivity contribution in [3.63, 3.8) is 0 Å². The molecule has 0 aliphatic carbocycles. The quantitative estimate of drug-likeness (QED) is 0.373. The molecule has 0 aliphatic heterocycles. The van der Waals surface area contributed by atoms with E-state index in [1.54, 1.807) is 24.9 Å². The minimum atomic E-state index is -0.0509. The van der Waals surface area contributed by atoms with Crippen molar-refractivity contribution < 1.29 is 13.9 Å². The number of benzene rings is 2. The Morgan fingerprint density at radius 2 is 1.96 bits per heavy atom. The van der Waals surface area contributed by atoms with Crippen LogP contribution in [0.3, 0.4) is 0 Å². The van der Waals surface area contributed by atoms with E-state index in [2.05, 4.69) is 0 Å². The van der Waals surface area contributed by atoms with Crippen LogP contribution in [0.5, 0.6) is 5.75 Å². The van der Waals surface area contributed by atoms with Crippen molar-refractivity contribution in [2.75, 3.05) is 13.4 Å². The molecular formula is C19H16O3S. The molecular weight excluding hydrogens is 308 g/mol. The number of carbonyl (C=O) groups excluding carboxylic acids is 1. The maximum Gasteiger partial charge on any atom is 0.185 e. The van der Waals surface area contributed by atoms with Gasteiger partial charge in [0.1, 0.15) is 5.76 Å². The van der Waals surface area contributed by atoms with E-state index in [-0.39, 0.29) is 5.78 Å². The first-order valence-corrected chi connectivity index (χ1v) is 8.37. The molecule has 0 saturated heterocycles. The third-order valence-corrected chi connectivity index (χ3v) is 4.26. The van der Waals surface area contributed by atoms with Gasteiger partial charge in [-0.15, -0.1) is 11.8 Å². The van der Waals surface area contributed by atoms with Crippen LogP contribution in [-0.2, 0) is 0 Å². The van der Waals surface area contributed by atoms with Gasteiger partial charge in [-0.05, 0) is 54.8 Å². The number of allylic oxidation sites excluding steroid dienone is 1. The van der Waals surface area contributed by atoms with E-state index in [9.17, 15) is 4.79 Å². The van der Waals surface area contributed by atoms with Crippen LogP contribution in [0.4, 0.5) is 0 Å². The monoisotopic (exact) mass is 324 g/mol. The van der Waals surface area contributed by atoms with Crippen LogP contribution < -0.4 is 4.74 Å². The topological polar surface area (TPSA) is 39.4 Å². The van der Waals surface area contributed by atoms with Gasteiger partial charge in [-0.1, -0.05) is 12.1 Å². The summed E-state index contributed by atoms with van der Waals surface area (Å²) < 4.78 is 11.0. The van der Waals surface area contributed by atoms with Crippen molar-refractivity contribution in [1.82, 2.24) is 0 Å². The van der Waals surface area contributed by atoms with E-state index >= 15 is 0 Å². The molecule has 23 heavy (non-hydrogen) atoms. The minimum absolute atomic E-state index is 0.0509. The van der Waals surface area contributed by atoms with Gasteiger partial charge in [-0.3, -0.25) is 4.79 Å². The van der Waals surface area contributed by atoms with E-state index in [1.807, 2.05) is 54.8 Å². The molecule has 0 aliphatic rings. The van der Waals surface area contributed by atoms with Gasteiger partial charge in [0.2, 0.25) is 0 Å². The maximum absolute atomic E-state index is 12.2. The van der Waals surface area contributed by atoms with E-state index in [0.29, 0.717) is 22.7 Å². The van der Waals surface area contributed by atoms with Crippen molar-refractivity contribution in [3.05, 3.63) is 65.9 Å². The van der Waals surface area contributed by atoms with Crippen molar-refractivity contribution in [2.45, 2.75) is 4.90 Å². The lowest BCUT2D eigenvalue weighted by Crippen LogP contribution is -1.93. The summed E-state index contributed by atoms with van der Waals surface area (Å²) in [7, 11) is 1.61. The maximum atomic E-state index is 12.2. The standard InChI is InChI=1S/C19H16O3S/c1-21-18-5-3-4-14-12-15(22-19(14)18)8-11-17(20)13-6-9-16(23-2)10-7-13/h3-12H,1-2H3. The first-order chi connectivity index (χ1) is 11.2. The fourth-order valence-electron chi connectivity index (χ4n) is 2.31. The van der Waals surface area contributed by atoms with E-state index < -0.39 is 0 Å². The zero-order valence-corrected chi connectivity index (χ0v) is 13.7. The van der Waals surface area contributed by atoms with Crippen LogP contribution in [0.1, 0.15) is 16.1 Å². The summed E-state index contributed by atoms with van der Waals surface area (Å²) in [6, 6.07) is 15.1. The summed E-state index contributed by atoms with van der Waals surface area (Å²) in [6.45, 7) is 0. The number of hydrogen-bond acceptors (Lipinski definition) is 4. The van der Waals surface area contributed by atoms with Crippen LogP contribution in [0.25, 0.3) is 17.0 Å². The average molecular weight is 324 g/mol. The van der Waals surface area contributed by atoms with Crippen molar-refractivity contribution in [2.24, 2.45) is 0 Å². The third-order valence-electron chi connectivity index (χ3n) is 3.52. The van der Waals surface area contributed by atoms with Gasteiger partial charge in [-0.25, -0.2) is 0 Å². The normalized spacial score (nSPS) is 11.2. The van der Waals surface area contributed by atoms with Crippen LogP contribution >= 0.6 is 11.8 Å². The van der Waals surface area contributed by atoms with Crippen molar-refractivity contribution >= 4 is 34.6 Å². The lowest BCUT2D eigenvalue weighted by molar-refractivity contribution is 0.104. The smallest absolute Gasteiger partial charge is 0.185 e. The minimum Gasteiger partial charge on any atom is -0.493 e. The Morgan fingerprint density at radius 1 is 1.17 bits per heavy atom. The summed E-state index contributed by atoms with van der Waals surface area (Å²) in [5, 5.41) is 0.945. The van der Waals surface area contributed by atoms with Crippen molar-refractivity contribution in [1.29, 1.82) is 0 Å². The molecule has 4 heteroatoms. The first-order valence-electron chi connectivity index (χ1n) is 7.14. The highest BCUT2D eigenvalue weighted by Gasteiger charge is 2.07. The number of ether oxygens (including phenoxy) is 1. The molecule has 0 atom stereocenters. The van der Waals surface area contributed by atoms with Gasteiger partial charge in [0, 0.05) is 15.8 Å². The number of thioether (sulfide) groups is 1. The number of methoxy groups -OCH3 is 1. The SMILES string of the molecule is COc1cccc2cc(C=CC(=O)c3ccc(SC)cc3)oc12. The lowest BCUT2D eigenvalue weighted by Gasteiger charge is -1.98. The molecule has 3 aromatic rings. The fourth-order valence-corrected chi connectivity index (χ4v) is 2.72. The molecule has 2 aromatic carbocycles. The Labute approximate surface area is 138 Å². The lowest BCUT2D eigenvalue weighted by atomic mass is 10.1. The molecule has 0 bridgehead atoms. The molecule has 0 fully saturated rings. The second-order valence-electron chi connectivity index (χ2n) is 4.95. The Morgan fingerprint density at radius 3 is 2.65 bits per heavy atom. The zero-order valence-electron chi connectivity index (χ0n) is 12.9. The largest absolute Gasteiger partial charge is 0.493 e. The number of para-hydroxylation sites is 1. The zero-order chi connectivity index (χ0) is 16.2. The number of rotatable bonds is 5. The molecule has 116 valence electrons. The van der Waals surface area contributed by atoms with Gasteiger partial charge in [-0.2, -0.15) is 0 Å². The Bertz CT molecular complexity index is 860. The Hall–Kier alpha value is -2.46. The second kappa shape index (κ2) is 6.75. The van der Waals surface area contributed by atoms with E-state index in [0.717, 1.165) is 10.3 Å². The van der Waals surface area contributed by atoms with Crippen LogP contribution in [0.2, 0.25) is 0 Å². The summed E-state index contributed by atoms with van der Waals surface area (Å²) in [5.41, 5.74) is 1.35. The average Bonchev–Trinajstić information content (AvgIpc) is 3.02. The van der Waals surface area contributed by atoms with E-state index in [1.165, 1.54) is 6.08 Å². The summed E-state index contributed by atoms with van der Waals surface area (Å²) in [6.07, 6.45) is 5.22. The molecule has 0 amide bonds. The molecule has 1 aromatic heterocycles. The van der Waals surface area contributed by atoms with Crippen LogP contribution in [0, 0.1) is 0 Å². The molecule has 0 N–H and O–H groups in total. The first kappa shape index (κ1) is 15.4. The van der Waals surface area contributed by atoms with Crippen molar-refractivity contribution in [3.8, 4) is 5.75 Å². The van der Waals surface area contributed by atoms with Crippen LogP contribution in [0.15, 0.2) is 63.9 Å². The number of ketones is 1. The van der Waals surface area contributed by atoms with Gasteiger partial charge < -0.3 is 9.15 Å².